The molecule has 1 N–H and O–H groups in total. The van der Waals surface area contributed by atoms with Gasteiger partial charge in [0.1, 0.15) is 0 Å². The zero-order chi connectivity index (χ0) is 12.4. The van der Waals surface area contributed by atoms with Gasteiger partial charge in [-0.15, -0.1) is 0 Å². The van der Waals surface area contributed by atoms with Gasteiger partial charge < -0.3 is 5.32 Å². The summed E-state index contributed by atoms with van der Waals surface area (Å²) in [4.78, 5) is 2.72. The molecule has 2 nitrogen and oxygen atoms in total. The van der Waals surface area contributed by atoms with Crippen molar-refractivity contribution in [3.63, 3.8) is 0 Å². The Morgan fingerprint density at radius 2 is 2.17 bits per heavy atom. The van der Waals surface area contributed by atoms with Gasteiger partial charge in [0.05, 0.1) is 0 Å². The number of hydrogen-bond acceptors (Lipinski definition) is 2. The van der Waals surface area contributed by atoms with Crippen LogP contribution in [0.5, 0.6) is 0 Å². The van der Waals surface area contributed by atoms with Gasteiger partial charge in [-0.3, -0.25) is 4.90 Å². The van der Waals surface area contributed by atoms with Crippen LogP contribution in [-0.4, -0.2) is 31.6 Å². The van der Waals surface area contributed by atoms with Crippen molar-refractivity contribution in [2.45, 2.75) is 31.7 Å². The average Bonchev–Trinajstić information content (AvgIpc) is 2.87. The van der Waals surface area contributed by atoms with E-state index in [2.05, 4.69) is 41.5 Å². The van der Waals surface area contributed by atoms with Gasteiger partial charge in [0.25, 0.3) is 0 Å². The molecule has 3 rings (SSSR count). The first kappa shape index (κ1) is 12.2. The van der Waals surface area contributed by atoms with Gasteiger partial charge in [-0.1, -0.05) is 24.3 Å². The van der Waals surface area contributed by atoms with Crippen LogP contribution in [0.25, 0.3) is 0 Å². The Kier molecular flexibility index (Phi) is 3.67. The predicted octanol–water partition coefficient (Wildman–Crippen LogP) is 2.61. The third-order valence-electron chi connectivity index (χ3n) is 4.59. The number of likely N-dealkylation sites (tertiary alicyclic amines) is 1. The fourth-order valence-corrected chi connectivity index (χ4v) is 3.71. The molecule has 2 unspecified atom stereocenters. The summed E-state index contributed by atoms with van der Waals surface area (Å²) in [6.07, 6.45) is 5.35. The minimum absolute atomic E-state index is 0.691. The van der Waals surface area contributed by atoms with E-state index in [9.17, 15) is 0 Å². The molecule has 2 heteroatoms. The summed E-state index contributed by atoms with van der Waals surface area (Å²) >= 11 is 0. The molecule has 0 saturated carbocycles. The minimum Gasteiger partial charge on any atom is -0.319 e. The van der Waals surface area contributed by atoms with Gasteiger partial charge >= 0.3 is 0 Å². The quantitative estimate of drug-likeness (QED) is 0.879. The van der Waals surface area contributed by atoms with Crippen molar-refractivity contribution in [1.82, 2.24) is 10.2 Å². The molecule has 0 radical (unpaired) electrons. The van der Waals surface area contributed by atoms with Crippen LogP contribution in [0.4, 0.5) is 0 Å². The maximum atomic E-state index is 3.33. The van der Waals surface area contributed by atoms with E-state index >= 15 is 0 Å². The fraction of sp³-hybridized carbons (Fsp3) is 0.625. The Hall–Kier alpha value is -0.860. The normalized spacial score (nSPS) is 28.3. The molecule has 1 aromatic rings. The highest BCUT2D eigenvalue weighted by molar-refractivity contribution is 5.32. The van der Waals surface area contributed by atoms with Crippen LogP contribution < -0.4 is 5.32 Å². The standard InChI is InChI=1S/C16H24N2/c1-17-11-13-9-10-18(12-13)16-8-4-6-14-5-2-3-7-15(14)16/h2-3,5,7,13,16-17H,4,6,8-12H2,1H3. The summed E-state index contributed by atoms with van der Waals surface area (Å²) in [6.45, 7) is 3.73. The molecule has 0 spiro atoms. The lowest BCUT2D eigenvalue weighted by atomic mass is 9.87. The maximum absolute atomic E-state index is 3.33. The van der Waals surface area contributed by atoms with Crippen molar-refractivity contribution in [2.75, 3.05) is 26.7 Å². The van der Waals surface area contributed by atoms with Crippen LogP contribution in [0.3, 0.4) is 0 Å². The van der Waals surface area contributed by atoms with E-state index in [1.54, 1.807) is 11.1 Å². The third kappa shape index (κ3) is 2.32. The van der Waals surface area contributed by atoms with Crippen LogP contribution in [0.1, 0.15) is 36.4 Å². The minimum atomic E-state index is 0.691. The molecule has 0 bridgehead atoms. The lowest BCUT2D eigenvalue weighted by Gasteiger charge is -2.33. The Balaban J connectivity index is 1.74. The molecule has 0 aromatic heterocycles. The van der Waals surface area contributed by atoms with Gasteiger partial charge in [0, 0.05) is 12.6 Å². The second-order valence-electron chi connectivity index (χ2n) is 5.81. The molecule has 1 aromatic carbocycles. The fourth-order valence-electron chi connectivity index (χ4n) is 3.71. The summed E-state index contributed by atoms with van der Waals surface area (Å²) in [5.74, 6) is 0.851. The average molecular weight is 244 g/mol. The van der Waals surface area contributed by atoms with Crippen LogP contribution in [-0.2, 0) is 6.42 Å². The Labute approximate surface area is 110 Å². The summed E-state index contributed by atoms with van der Waals surface area (Å²) in [5, 5.41) is 3.33. The molecule has 2 aliphatic rings. The third-order valence-corrected chi connectivity index (χ3v) is 4.59. The molecule has 1 saturated heterocycles. The van der Waals surface area contributed by atoms with Crippen molar-refractivity contribution in [1.29, 1.82) is 0 Å². The van der Waals surface area contributed by atoms with Crippen molar-refractivity contribution < 1.29 is 0 Å². The van der Waals surface area contributed by atoms with Crippen LogP contribution in [0.15, 0.2) is 24.3 Å². The summed E-state index contributed by atoms with van der Waals surface area (Å²) < 4.78 is 0. The van der Waals surface area contributed by atoms with Gasteiger partial charge in [0.2, 0.25) is 0 Å². The first-order valence-corrected chi connectivity index (χ1v) is 7.35. The molecule has 18 heavy (non-hydrogen) atoms. The van der Waals surface area contributed by atoms with E-state index < -0.39 is 0 Å². The van der Waals surface area contributed by atoms with Gasteiger partial charge in [-0.25, -0.2) is 0 Å². The number of aryl methyl sites for hydroxylation is 1. The number of benzene rings is 1. The van der Waals surface area contributed by atoms with Crippen LogP contribution >= 0.6 is 0 Å². The van der Waals surface area contributed by atoms with Crippen LogP contribution in [0, 0.1) is 5.92 Å². The number of hydrogen-bond donors (Lipinski definition) is 1. The van der Waals surface area contributed by atoms with Gasteiger partial charge in [0.15, 0.2) is 0 Å². The van der Waals surface area contributed by atoms with E-state index in [1.165, 1.54) is 45.3 Å². The molecule has 0 amide bonds. The number of rotatable bonds is 3. The molecule has 2 atom stereocenters. The first-order chi connectivity index (χ1) is 8.88. The van der Waals surface area contributed by atoms with Crippen molar-refractivity contribution in [3.05, 3.63) is 35.4 Å². The largest absolute Gasteiger partial charge is 0.319 e. The molecule has 98 valence electrons. The number of nitrogens with one attached hydrogen (secondary N) is 1. The van der Waals surface area contributed by atoms with Gasteiger partial charge in [-0.05, 0) is 62.9 Å². The summed E-state index contributed by atoms with van der Waals surface area (Å²) in [7, 11) is 2.07. The van der Waals surface area contributed by atoms with E-state index in [4.69, 9.17) is 0 Å². The highest BCUT2D eigenvalue weighted by Crippen LogP contribution is 2.36. The van der Waals surface area contributed by atoms with E-state index in [0.29, 0.717) is 6.04 Å². The topological polar surface area (TPSA) is 15.3 Å². The Bertz CT molecular complexity index is 402. The second kappa shape index (κ2) is 5.41. The first-order valence-electron chi connectivity index (χ1n) is 7.35. The molecule has 1 heterocycles. The monoisotopic (exact) mass is 244 g/mol. The highest BCUT2D eigenvalue weighted by Gasteiger charge is 2.31. The second-order valence-corrected chi connectivity index (χ2v) is 5.81. The van der Waals surface area contributed by atoms with Crippen LogP contribution in [0.2, 0.25) is 0 Å². The van der Waals surface area contributed by atoms with E-state index in [0.717, 1.165) is 5.92 Å². The zero-order valence-electron chi connectivity index (χ0n) is 11.4. The van der Waals surface area contributed by atoms with E-state index in [-0.39, 0.29) is 0 Å². The summed E-state index contributed by atoms with van der Waals surface area (Å²) in [6, 6.07) is 9.76. The Morgan fingerprint density at radius 3 is 3.06 bits per heavy atom. The molecule has 1 aliphatic carbocycles. The van der Waals surface area contributed by atoms with Crippen molar-refractivity contribution >= 4 is 0 Å². The SMILES string of the molecule is CNCC1CCN(C2CCCc3ccccc32)C1. The summed E-state index contributed by atoms with van der Waals surface area (Å²) in [5.41, 5.74) is 3.19. The molecule has 1 aliphatic heterocycles. The maximum Gasteiger partial charge on any atom is 0.0351 e. The predicted molar refractivity (Wildman–Crippen MR) is 75.7 cm³/mol. The molecular formula is C16H24N2. The lowest BCUT2D eigenvalue weighted by molar-refractivity contribution is 0.213. The Morgan fingerprint density at radius 1 is 1.28 bits per heavy atom. The van der Waals surface area contributed by atoms with Crippen molar-refractivity contribution in [3.8, 4) is 0 Å². The van der Waals surface area contributed by atoms with E-state index in [1.807, 2.05) is 0 Å². The molecule has 1 fully saturated rings. The smallest absolute Gasteiger partial charge is 0.0351 e. The number of nitrogens with zero attached hydrogens (tertiary/aromatic N) is 1. The van der Waals surface area contributed by atoms with Crippen molar-refractivity contribution in [2.24, 2.45) is 5.92 Å². The lowest BCUT2D eigenvalue weighted by Crippen LogP contribution is -2.30. The number of fused-ring (bicyclic) bond motifs is 1. The molecular weight excluding hydrogens is 220 g/mol. The highest BCUT2D eigenvalue weighted by atomic mass is 15.2. The van der Waals surface area contributed by atoms with Gasteiger partial charge in [-0.2, -0.15) is 0 Å². The zero-order valence-corrected chi connectivity index (χ0v) is 11.4.